The van der Waals surface area contributed by atoms with E-state index in [2.05, 4.69) is 21.2 Å². The van der Waals surface area contributed by atoms with Gasteiger partial charge in [-0.15, -0.1) is 0 Å². The third-order valence-electron chi connectivity index (χ3n) is 3.30. The maximum absolute atomic E-state index is 12.5. The molecule has 0 saturated carbocycles. The molecule has 2 rings (SSSR count). The van der Waals surface area contributed by atoms with Gasteiger partial charge in [-0.3, -0.25) is 9.59 Å². The van der Waals surface area contributed by atoms with Gasteiger partial charge in [0.15, 0.2) is 0 Å². The van der Waals surface area contributed by atoms with Crippen LogP contribution in [0.15, 0.2) is 53.0 Å². The van der Waals surface area contributed by atoms with Crippen molar-refractivity contribution in [2.24, 2.45) is 0 Å². The standard InChI is InChI=1S/C17H15BrClNO3/c1-23-16(21)10-15(12-7-3-5-9-14(12)19)20-17(22)11-6-2-4-8-13(11)18/h2-9,15H,10H2,1H3,(H,20,22). The van der Waals surface area contributed by atoms with Crippen LogP contribution in [0.5, 0.6) is 0 Å². The molecule has 0 aliphatic rings. The smallest absolute Gasteiger partial charge is 0.307 e. The molecule has 1 amide bonds. The lowest BCUT2D eigenvalue weighted by molar-refractivity contribution is -0.141. The SMILES string of the molecule is COC(=O)CC(NC(=O)c1ccccc1Br)c1ccccc1Cl. The maximum atomic E-state index is 12.5. The number of esters is 1. The van der Waals surface area contributed by atoms with E-state index in [4.69, 9.17) is 16.3 Å². The first kappa shape index (κ1) is 17.5. The van der Waals surface area contributed by atoms with Crippen LogP contribution in [0.1, 0.15) is 28.4 Å². The molecule has 1 unspecified atom stereocenters. The Balaban J connectivity index is 2.28. The fourth-order valence-electron chi connectivity index (χ4n) is 2.13. The highest BCUT2D eigenvalue weighted by molar-refractivity contribution is 9.10. The Morgan fingerprint density at radius 1 is 1.17 bits per heavy atom. The van der Waals surface area contributed by atoms with E-state index in [0.717, 1.165) is 0 Å². The highest BCUT2D eigenvalue weighted by Gasteiger charge is 2.22. The zero-order valence-corrected chi connectivity index (χ0v) is 14.7. The molecule has 0 aliphatic heterocycles. The van der Waals surface area contributed by atoms with Crippen molar-refractivity contribution in [3.8, 4) is 0 Å². The van der Waals surface area contributed by atoms with Crippen LogP contribution in [0.4, 0.5) is 0 Å². The number of halogens is 2. The number of benzene rings is 2. The summed E-state index contributed by atoms with van der Waals surface area (Å²) in [5.41, 5.74) is 1.15. The van der Waals surface area contributed by atoms with Crippen molar-refractivity contribution in [2.45, 2.75) is 12.5 Å². The fourth-order valence-corrected chi connectivity index (χ4v) is 2.86. The summed E-state index contributed by atoms with van der Waals surface area (Å²) < 4.78 is 5.39. The quantitative estimate of drug-likeness (QED) is 0.773. The molecule has 0 radical (unpaired) electrons. The number of methoxy groups -OCH3 is 1. The topological polar surface area (TPSA) is 55.4 Å². The molecule has 0 heterocycles. The molecule has 23 heavy (non-hydrogen) atoms. The Kier molecular flexibility index (Phi) is 6.19. The van der Waals surface area contributed by atoms with Crippen LogP contribution in [0, 0.1) is 0 Å². The second-order valence-corrected chi connectivity index (χ2v) is 6.07. The average molecular weight is 397 g/mol. The normalized spacial score (nSPS) is 11.6. The minimum Gasteiger partial charge on any atom is -0.469 e. The molecule has 1 atom stereocenters. The van der Waals surface area contributed by atoms with Crippen LogP contribution in [0.25, 0.3) is 0 Å². The lowest BCUT2D eigenvalue weighted by Gasteiger charge is -2.19. The molecule has 1 N–H and O–H groups in total. The molecule has 120 valence electrons. The Labute approximate surface area is 147 Å². The molecule has 0 saturated heterocycles. The van der Waals surface area contributed by atoms with Gasteiger partial charge in [-0.05, 0) is 39.7 Å². The lowest BCUT2D eigenvalue weighted by atomic mass is 10.0. The predicted octanol–water partition coefficient (Wildman–Crippen LogP) is 4.14. The highest BCUT2D eigenvalue weighted by atomic mass is 79.9. The summed E-state index contributed by atoms with van der Waals surface area (Å²) in [5, 5.41) is 3.32. The van der Waals surface area contributed by atoms with E-state index in [1.54, 1.807) is 42.5 Å². The zero-order chi connectivity index (χ0) is 16.8. The molecular weight excluding hydrogens is 382 g/mol. The number of nitrogens with one attached hydrogen (secondary N) is 1. The number of rotatable bonds is 5. The summed E-state index contributed by atoms with van der Waals surface area (Å²) >= 11 is 9.54. The second-order valence-electron chi connectivity index (χ2n) is 4.81. The molecule has 0 bridgehead atoms. The largest absolute Gasteiger partial charge is 0.469 e. The van der Waals surface area contributed by atoms with E-state index in [0.29, 0.717) is 20.6 Å². The van der Waals surface area contributed by atoms with Gasteiger partial charge < -0.3 is 10.1 Å². The molecular formula is C17H15BrClNO3. The molecule has 0 aliphatic carbocycles. The van der Waals surface area contributed by atoms with E-state index in [1.165, 1.54) is 7.11 Å². The number of ether oxygens (including phenoxy) is 1. The zero-order valence-electron chi connectivity index (χ0n) is 12.4. The van der Waals surface area contributed by atoms with Gasteiger partial charge in [0, 0.05) is 9.50 Å². The van der Waals surface area contributed by atoms with Crippen LogP contribution in [-0.2, 0) is 9.53 Å². The van der Waals surface area contributed by atoms with Crippen molar-refractivity contribution in [2.75, 3.05) is 7.11 Å². The number of carbonyl (C=O) groups is 2. The van der Waals surface area contributed by atoms with Gasteiger partial charge in [0.25, 0.3) is 5.91 Å². The third kappa shape index (κ3) is 4.56. The van der Waals surface area contributed by atoms with Gasteiger partial charge in [0.1, 0.15) is 0 Å². The third-order valence-corrected chi connectivity index (χ3v) is 4.34. The van der Waals surface area contributed by atoms with Gasteiger partial charge in [-0.2, -0.15) is 0 Å². The summed E-state index contributed by atoms with van der Waals surface area (Å²) in [6.07, 6.45) is -0.00355. The first-order valence-corrected chi connectivity index (χ1v) is 8.06. The number of hydrogen-bond donors (Lipinski definition) is 1. The number of hydrogen-bond acceptors (Lipinski definition) is 3. The van der Waals surface area contributed by atoms with Crippen molar-refractivity contribution >= 4 is 39.4 Å². The van der Waals surface area contributed by atoms with Crippen molar-refractivity contribution in [3.63, 3.8) is 0 Å². The van der Waals surface area contributed by atoms with Crippen molar-refractivity contribution in [1.82, 2.24) is 5.32 Å². The van der Waals surface area contributed by atoms with Crippen LogP contribution < -0.4 is 5.32 Å². The molecule has 2 aromatic carbocycles. The van der Waals surface area contributed by atoms with E-state index in [9.17, 15) is 9.59 Å². The molecule has 6 heteroatoms. The summed E-state index contributed by atoms with van der Waals surface area (Å²) in [6, 6.07) is 13.6. The van der Waals surface area contributed by atoms with Crippen molar-refractivity contribution < 1.29 is 14.3 Å². The Bertz CT molecular complexity index is 720. The van der Waals surface area contributed by atoms with Crippen molar-refractivity contribution in [1.29, 1.82) is 0 Å². The van der Waals surface area contributed by atoms with Gasteiger partial charge in [0.05, 0.1) is 25.1 Å². The predicted molar refractivity (Wildman–Crippen MR) is 92.4 cm³/mol. The van der Waals surface area contributed by atoms with Gasteiger partial charge in [0.2, 0.25) is 0 Å². The molecule has 0 aromatic heterocycles. The minimum absolute atomic E-state index is 0.00355. The van der Waals surface area contributed by atoms with Crippen LogP contribution in [-0.4, -0.2) is 19.0 Å². The van der Waals surface area contributed by atoms with Crippen LogP contribution in [0.3, 0.4) is 0 Å². The summed E-state index contributed by atoms with van der Waals surface area (Å²) in [4.78, 5) is 24.2. The van der Waals surface area contributed by atoms with E-state index in [-0.39, 0.29) is 12.3 Å². The molecule has 2 aromatic rings. The molecule has 4 nitrogen and oxygen atoms in total. The lowest BCUT2D eigenvalue weighted by Crippen LogP contribution is -2.31. The van der Waals surface area contributed by atoms with Gasteiger partial charge in [-0.25, -0.2) is 0 Å². The minimum atomic E-state index is -0.573. The Morgan fingerprint density at radius 2 is 1.83 bits per heavy atom. The van der Waals surface area contributed by atoms with E-state index < -0.39 is 12.0 Å². The molecule has 0 spiro atoms. The number of amides is 1. The summed E-state index contributed by atoms with van der Waals surface area (Å²) in [5.74, 6) is -0.728. The monoisotopic (exact) mass is 395 g/mol. The molecule has 0 fully saturated rings. The fraction of sp³-hybridized carbons (Fsp3) is 0.176. The van der Waals surface area contributed by atoms with Crippen molar-refractivity contribution in [3.05, 3.63) is 69.2 Å². The highest BCUT2D eigenvalue weighted by Crippen LogP contribution is 2.26. The first-order chi connectivity index (χ1) is 11.0. The van der Waals surface area contributed by atoms with E-state index >= 15 is 0 Å². The first-order valence-electron chi connectivity index (χ1n) is 6.89. The second kappa shape index (κ2) is 8.13. The maximum Gasteiger partial charge on any atom is 0.307 e. The van der Waals surface area contributed by atoms with Crippen LogP contribution in [0.2, 0.25) is 5.02 Å². The summed E-state index contributed by atoms with van der Waals surface area (Å²) in [7, 11) is 1.31. The summed E-state index contributed by atoms with van der Waals surface area (Å²) in [6.45, 7) is 0. The van der Waals surface area contributed by atoms with Gasteiger partial charge in [-0.1, -0.05) is 41.9 Å². The van der Waals surface area contributed by atoms with E-state index in [1.807, 2.05) is 6.07 Å². The Morgan fingerprint density at radius 3 is 2.48 bits per heavy atom. The average Bonchev–Trinajstić information content (AvgIpc) is 2.55. The Hall–Kier alpha value is -1.85. The van der Waals surface area contributed by atoms with Gasteiger partial charge >= 0.3 is 5.97 Å². The van der Waals surface area contributed by atoms with Crippen LogP contribution >= 0.6 is 27.5 Å². The number of carbonyl (C=O) groups excluding carboxylic acids is 2.